The summed E-state index contributed by atoms with van der Waals surface area (Å²) in [6, 6.07) is 0.640. The quantitative estimate of drug-likeness (QED) is 0.622. The first kappa shape index (κ1) is 16.0. The van der Waals surface area contributed by atoms with Gasteiger partial charge in [-0.15, -0.1) is 0 Å². The lowest BCUT2D eigenvalue weighted by Crippen LogP contribution is -2.42. The molecule has 0 spiro atoms. The van der Waals surface area contributed by atoms with E-state index < -0.39 is 0 Å². The molecule has 0 rings (SSSR count). The van der Waals surface area contributed by atoms with Crippen LogP contribution in [0.25, 0.3) is 0 Å². The van der Waals surface area contributed by atoms with Crippen molar-refractivity contribution in [1.82, 2.24) is 4.90 Å². The first-order valence-electron chi connectivity index (χ1n) is 6.86. The summed E-state index contributed by atoms with van der Waals surface area (Å²) >= 11 is 0. The zero-order valence-corrected chi connectivity index (χ0v) is 12.8. The van der Waals surface area contributed by atoms with Crippen molar-refractivity contribution in [1.29, 1.82) is 0 Å². The number of nitrogens with zero attached hydrogens (tertiary/aromatic N) is 1. The second-order valence-electron chi connectivity index (χ2n) is 6.69. The Labute approximate surface area is 104 Å². The van der Waals surface area contributed by atoms with E-state index in [2.05, 4.69) is 60.5 Å². The van der Waals surface area contributed by atoms with Crippen LogP contribution >= 0.6 is 0 Å². The molecule has 0 aliphatic rings. The van der Waals surface area contributed by atoms with E-state index >= 15 is 0 Å². The minimum atomic E-state index is 0.403. The maximum absolute atomic E-state index is 2.42. The largest absolute Gasteiger partial charge is 0.306 e. The molecule has 0 aliphatic carbocycles. The van der Waals surface area contributed by atoms with Crippen molar-refractivity contribution < 1.29 is 0 Å². The van der Waals surface area contributed by atoms with Crippen LogP contribution in [-0.2, 0) is 0 Å². The highest BCUT2D eigenvalue weighted by Crippen LogP contribution is 2.35. The summed E-state index contributed by atoms with van der Waals surface area (Å²) in [7, 11) is 4.38. The molecule has 2 atom stereocenters. The maximum atomic E-state index is 2.42. The zero-order valence-electron chi connectivity index (χ0n) is 12.8. The lowest BCUT2D eigenvalue weighted by Gasteiger charge is -2.41. The van der Waals surface area contributed by atoms with Gasteiger partial charge in [-0.25, -0.2) is 0 Å². The van der Waals surface area contributed by atoms with Crippen molar-refractivity contribution in [2.24, 2.45) is 17.3 Å². The summed E-state index contributed by atoms with van der Waals surface area (Å²) in [6.07, 6.45) is 4.11. The predicted octanol–water partition coefficient (Wildman–Crippen LogP) is 4.43. The minimum Gasteiger partial charge on any atom is -0.306 e. The van der Waals surface area contributed by atoms with Gasteiger partial charge in [-0.2, -0.15) is 0 Å². The summed E-state index contributed by atoms with van der Waals surface area (Å²) in [5, 5.41) is 0. The van der Waals surface area contributed by atoms with Gasteiger partial charge in [-0.05, 0) is 38.3 Å². The van der Waals surface area contributed by atoms with Gasteiger partial charge in [0.25, 0.3) is 0 Å². The highest BCUT2D eigenvalue weighted by atomic mass is 15.1. The Kier molecular flexibility index (Phi) is 6.62. The van der Waals surface area contributed by atoms with Gasteiger partial charge >= 0.3 is 0 Å². The predicted molar refractivity (Wildman–Crippen MR) is 74.8 cm³/mol. The van der Waals surface area contributed by atoms with Crippen LogP contribution in [0.3, 0.4) is 0 Å². The van der Waals surface area contributed by atoms with Gasteiger partial charge < -0.3 is 4.90 Å². The molecular formula is C15H33N. The molecule has 0 radical (unpaired) electrons. The van der Waals surface area contributed by atoms with Crippen LogP contribution in [0.5, 0.6) is 0 Å². The third-order valence-corrected chi connectivity index (χ3v) is 4.54. The van der Waals surface area contributed by atoms with E-state index in [1.54, 1.807) is 0 Å². The van der Waals surface area contributed by atoms with E-state index in [1.807, 2.05) is 0 Å². The highest BCUT2D eigenvalue weighted by Gasteiger charge is 2.32. The van der Waals surface area contributed by atoms with Gasteiger partial charge in [0, 0.05) is 6.04 Å². The molecule has 0 aromatic heterocycles. The SMILES string of the molecule is CC(C)CCCC(C)C(C)(C)C(C)N(C)C. The number of rotatable bonds is 7. The van der Waals surface area contributed by atoms with Gasteiger partial charge in [0.2, 0.25) is 0 Å². The van der Waals surface area contributed by atoms with Crippen molar-refractivity contribution in [2.45, 2.75) is 66.8 Å². The molecule has 0 saturated heterocycles. The van der Waals surface area contributed by atoms with E-state index in [4.69, 9.17) is 0 Å². The standard InChI is InChI=1S/C15H33N/c1-12(2)10-9-11-13(3)15(5,6)14(4)16(7)8/h12-14H,9-11H2,1-8H3. The molecule has 0 aromatic rings. The second-order valence-corrected chi connectivity index (χ2v) is 6.69. The normalized spacial score (nSPS) is 16.9. The third kappa shape index (κ3) is 4.86. The molecule has 0 bridgehead atoms. The van der Waals surface area contributed by atoms with Crippen LogP contribution in [0.2, 0.25) is 0 Å². The molecule has 0 amide bonds. The van der Waals surface area contributed by atoms with Crippen LogP contribution in [0.15, 0.2) is 0 Å². The van der Waals surface area contributed by atoms with Crippen LogP contribution in [-0.4, -0.2) is 25.0 Å². The Balaban J connectivity index is 4.18. The summed E-state index contributed by atoms with van der Waals surface area (Å²) in [5.41, 5.74) is 0.403. The van der Waals surface area contributed by atoms with Crippen LogP contribution in [0.1, 0.15) is 60.8 Å². The fourth-order valence-electron chi connectivity index (χ4n) is 2.28. The fourth-order valence-corrected chi connectivity index (χ4v) is 2.28. The molecule has 0 saturated carbocycles. The van der Waals surface area contributed by atoms with E-state index in [9.17, 15) is 0 Å². The van der Waals surface area contributed by atoms with E-state index in [1.165, 1.54) is 19.3 Å². The average Bonchev–Trinajstić information content (AvgIpc) is 2.15. The summed E-state index contributed by atoms with van der Waals surface area (Å²) in [5.74, 6) is 1.64. The summed E-state index contributed by atoms with van der Waals surface area (Å²) in [6.45, 7) is 14.2. The van der Waals surface area contributed by atoms with Crippen LogP contribution < -0.4 is 0 Å². The van der Waals surface area contributed by atoms with Crippen molar-refractivity contribution >= 4 is 0 Å². The molecule has 0 N–H and O–H groups in total. The average molecular weight is 227 g/mol. The maximum Gasteiger partial charge on any atom is 0.0114 e. The molecule has 0 fully saturated rings. The van der Waals surface area contributed by atoms with Crippen molar-refractivity contribution in [3.8, 4) is 0 Å². The molecule has 98 valence electrons. The molecular weight excluding hydrogens is 194 g/mol. The number of hydrogen-bond acceptors (Lipinski definition) is 1. The summed E-state index contributed by atoms with van der Waals surface area (Å²) < 4.78 is 0. The Morgan fingerprint density at radius 3 is 1.81 bits per heavy atom. The van der Waals surface area contributed by atoms with Gasteiger partial charge in [0.15, 0.2) is 0 Å². The first-order valence-corrected chi connectivity index (χ1v) is 6.86. The second kappa shape index (κ2) is 6.64. The molecule has 0 aliphatic heterocycles. The first-order chi connectivity index (χ1) is 7.19. The highest BCUT2D eigenvalue weighted by molar-refractivity contribution is 4.85. The molecule has 0 heterocycles. The Bertz CT molecular complexity index is 182. The monoisotopic (exact) mass is 227 g/mol. The van der Waals surface area contributed by atoms with E-state index in [0.29, 0.717) is 11.5 Å². The topological polar surface area (TPSA) is 3.24 Å². The molecule has 16 heavy (non-hydrogen) atoms. The van der Waals surface area contributed by atoms with Gasteiger partial charge in [0.05, 0.1) is 0 Å². The number of hydrogen-bond donors (Lipinski definition) is 0. The van der Waals surface area contributed by atoms with Gasteiger partial charge in [-0.3, -0.25) is 0 Å². The minimum absolute atomic E-state index is 0.403. The van der Waals surface area contributed by atoms with Gasteiger partial charge in [-0.1, -0.05) is 53.9 Å². The zero-order chi connectivity index (χ0) is 12.9. The van der Waals surface area contributed by atoms with Crippen LogP contribution in [0.4, 0.5) is 0 Å². The lowest BCUT2D eigenvalue weighted by molar-refractivity contribution is 0.0861. The van der Waals surface area contributed by atoms with Crippen LogP contribution in [0, 0.1) is 17.3 Å². The molecule has 1 heteroatoms. The van der Waals surface area contributed by atoms with Crippen molar-refractivity contribution in [2.75, 3.05) is 14.1 Å². The Morgan fingerprint density at radius 2 is 1.44 bits per heavy atom. The summed E-state index contributed by atoms with van der Waals surface area (Å²) in [4.78, 5) is 2.35. The molecule has 1 nitrogen and oxygen atoms in total. The Hall–Kier alpha value is -0.0400. The molecule has 0 aromatic carbocycles. The third-order valence-electron chi connectivity index (χ3n) is 4.54. The van der Waals surface area contributed by atoms with Gasteiger partial charge in [0.1, 0.15) is 0 Å². The smallest absolute Gasteiger partial charge is 0.0114 e. The van der Waals surface area contributed by atoms with Crippen molar-refractivity contribution in [3.63, 3.8) is 0 Å². The van der Waals surface area contributed by atoms with E-state index in [-0.39, 0.29) is 0 Å². The van der Waals surface area contributed by atoms with E-state index in [0.717, 1.165) is 11.8 Å². The van der Waals surface area contributed by atoms with Crippen molar-refractivity contribution in [3.05, 3.63) is 0 Å². The fraction of sp³-hybridized carbons (Fsp3) is 1.00. The molecule has 2 unspecified atom stereocenters. The Morgan fingerprint density at radius 1 is 0.938 bits per heavy atom. The lowest BCUT2D eigenvalue weighted by atomic mass is 9.72.